The van der Waals surface area contributed by atoms with Crippen LogP contribution in [0.15, 0.2) is 47.2 Å². The van der Waals surface area contributed by atoms with Gasteiger partial charge in [0.2, 0.25) is 5.91 Å². The number of carbonyl (C=O) groups excluding carboxylic acids is 2. The summed E-state index contributed by atoms with van der Waals surface area (Å²) in [4.78, 5) is 25.3. The Morgan fingerprint density at radius 3 is 2.80 bits per heavy atom. The van der Waals surface area contributed by atoms with Crippen LogP contribution in [0.1, 0.15) is 53.1 Å². The molecule has 1 unspecified atom stereocenters. The Balaban J connectivity index is 1.49. The monoisotopic (exact) mass is 426 g/mol. The average Bonchev–Trinajstić information content (AvgIpc) is 3.25. The van der Waals surface area contributed by atoms with Gasteiger partial charge in [-0.05, 0) is 56.5 Å². The highest BCUT2D eigenvalue weighted by Gasteiger charge is 2.33. The maximum absolute atomic E-state index is 12.9. The minimum absolute atomic E-state index is 0.269. The summed E-state index contributed by atoms with van der Waals surface area (Å²) < 4.78 is 6.98. The van der Waals surface area contributed by atoms with Gasteiger partial charge in [0, 0.05) is 10.9 Å². The molecule has 0 aliphatic heterocycles. The summed E-state index contributed by atoms with van der Waals surface area (Å²) in [5.74, 6) is 0.319. The van der Waals surface area contributed by atoms with Gasteiger partial charge in [-0.25, -0.2) is 4.68 Å². The van der Waals surface area contributed by atoms with E-state index >= 15 is 0 Å². The van der Waals surface area contributed by atoms with Crippen LogP contribution in [0.5, 0.6) is 0 Å². The summed E-state index contributed by atoms with van der Waals surface area (Å²) in [6.07, 6.45) is 5.12. The first-order valence-corrected chi connectivity index (χ1v) is 10.3. The number of nitrogens with zero attached hydrogens (tertiary/aromatic N) is 2. The van der Waals surface area contributed by atoms with Gasteiger partial charge in [-0.1, -0.05) is 17.7 Å². The predicted octanol–water partition coefficient (Wildman–Crippen LogP) is 3.74. The minimum atomic E-state index is -0.698. The Morgan fingerprint density at radius 1 is 1.33 bits per heavy atom. The lowest BCUT2D eigenvalue weighted by molar-refractivity contribution is -0.122. The second-order valence-electron chi connectivity index (χ2n) is 7.56. The molecule has 1 aliphatic carbocycles. The van der Waals surface area contributed by atoms with E-state index in [-0.39, 0.29) is 24.3 Å². The molecule has 2 heterocycles. The number of furan rings is 1. The van der Waals surface area contributed by atoms with E-state index < -0.39 is 6.04 Å². The number of nitrogens with one attached hydrogen (secondary N) is 2. The Labute approximate surface area is 179 Å². The number of amides is 2. The molecule has 0 bridgehead atoms. The molecule has 0 saturated heterocycles. The zero-order chi connectivity index (χ0) is 21.3. The zero-order valence-electron chi connectivity index (χ0n) is 16.8. The van der Waals surface area contributed by atoms with Gasteiger partial charge >= 0.3 is 0 Å². The van der Waals surface area contributed by atoms with Gasteiger partial charge in [-0.2, -0.15) is 5.10 Å². The van der Waals surface area contributed by atoms with Crippen molar-refractivity contribution < 1.29 is 14.0 Å². The van der Waals surface area contributed by atoms with Crippen molar-refractivity contribution in [2.45, 2.75) is 45.2 Å². The van der Waals surface area contributed by atoms with Gasteiger partial charge in [0.15, 0.2) is 0 Å². The number of rotatable bonds is 7. The Bertz CT molecular complexity index is 1070. The van der Waals surface area contributed by atoms with E-state index in [2.05, 4.69) is 15.7 Å². The number of carbonyl (C=O) groups is 2. The van der Waals surface area contributed by atoms with Crippen LogP contribution >= 0.6 is 11.6 Å². The van der Waals surface area contributed by atoms with E-state index in [4.69, 9.17) is 16.0 Å². The second-order valence-corrected chi connectivity index (χ2v) is 7.96. The summed E-state index contributed by atoms with van der Waals surface area (Å²) in [5, 5.41) is 10.6. The van der Waals surface area contributed by atoms with Gasteiger partial charge in [0.25, 0.3) is 5.91 Å². The van der Waals surface area contributed by atoms with Crippen LogP contribution in [0, 0.1) is 6.92 Å². The second kappa shape index (κ2) is 8.36. The topological polar surface area (TPSA) is 89.2 Å². The summed E-state index contributed by atoms with van der Waals surface area (Å²) >= 11 is 6.28. The molecule has 1 atom stereocenters. The molecule has 3 aromatic rings. The summed E-state index contributed by atoms with van der Waals surface area (Å²) in [5.41, 5.74) is 3.14. The normalized spacial score (nSPS) is 14.4. The molecule has 2 amide bonds. The van der Waals surface area contributed by atoms with E-state index in [1.165, 1.54) is 0 Å². The average molecular weight is 427 g/mol. The van der Waals surface area contributed by atoms with Gasteiger partial charge in [-0.15, -0.1) is 0 Å². The van der Waals surface area contributed by atoms with Gasteiger partial charge < -0.3 is 15.1 Å². The standard InChI is InChI=1S/C22H23ClN4O3/c1-13-5-8-16(10-19(13)23)27-20(15-6-7-15)18(12-25-27)22(29)26-14(2)21(28)24-11-17-4-3-9-30-17/h3-5,8-10,12,14-15H,6-7,11H2,1-2H3,(H,24,28)(H,26,29). The fraction of sp³-hybridized carbons (Fsp3) is 0.318. The molecule has 30 heavy (non-hydrogen) atoms. The lowest BCUT2D eigenvalue weighted by atomic mass is 10.1. The maximum atomic E-state index is 12.9. The van der Waals surface area contributed by atoms with E-state index in [1.54, 1.807) is 36.2 Å². The molecule has 1 aliphatic rings. The lowest BCUT2D eigenvalue weighted by Gasteiger charge is -2.14. The summed E-state index contributed by atoms with van der Waals surface area (Å²) in [7, 11) is 0. The Hall–Kier alpha value is -3.06. The van der Waals surface area contributed by atoms with Crippen molar-refractivity contribution in [1.29, 1.82) is 0 Å². The van der Waals surface area contributed by atoms with Crippen molar-refractivity contribution in [2.24, 2.45) is 0 Å². The van der Waals surface area contributed by atoms with Gasteiger partial charge in [0.1, 0.15) is 11.8 Å². The predicted molar refractivity (Wildman–Crippen MR) is 113 cm³/mol. The van der Waals surface area contributed by atoms with Crippen LogP contribution in [-0.4, -0.2) is 27.6 Å². The molecular weight excluding hydrogens is 404 g/mol. The summed E-state index contributed by atoms with van der Waals surface area (Å²) in [6.45, 7) is 3.86. The quantitative estimate of drug-likeness (QED) is 0.602. The van der Waals surface area contributed by atoms with E-state index in [0.717, 1.165) is 29.8 Å². The minimum Gasteiger partial charge on any atom is -0.467 e. The third-order valence-corrected chi connectivity index (χ3v) is 5.58. The van der Waals surface area contributed by atoms with E-state index in [9.17, 15) is 9.59 Å². The lowest BCUT2D eigenvalue weighted by Crippen LogP contribution is -2.44. The van der Waals surface area contributed by atoms with Crippen molar-refractivity contribution in [3.8, 4) is 5.69 Å². The highest BCUT2D eigenvalue weighted by molar-refractivity contribution is 6.31. The third kappa shape index (κ3) is 4.26. The summed E-state index contributed by atoms with van der Waals surface area (Å²) in [6, 6.07) is 8.55. The fourth-order valence-corrected chi connectivity index (χ4v) is 3.46. The van der Waals surface area contributed by atoms with Crippen LogP contribution in [0.4, 0.5) is 0 Å². The molecule has 2 aromatic heterocycles. The molecular formula is C22H23ClN4O3. The Kier molecular flexibility index (Phi) is 5.63. The van der Waals surface area contributed by atoms with Crippen molar-refractivity contribution >= 4 is 23.4 Å². The molecule has 0 radical (unpaired) electrons. The van der Waals surface area contributed by atoms with Gasteiger partial charge in [-0.3, -0.25) is 9.59 Å². The van der Waals surface area contributed by atoms with E-state index in [0.29, 0.717) is 16.3 Å². The van der Waals surface area contributed by atoms with Crippen molar-refractivity contribution in [3.05, 3.63) is 70.4 Å². The van der Waals surface area contributed by atoms with E-state index in [1.807, 2.05) is 25.1 Å². The maximum Gasteiger partial charge on any atom is 0.255 e. The smallest absolute Gasteiger partial charge is 0.255 e. The molecule has 8 heteroatoms. The van der Waals surface area contributed by atoms with Gasteiger partial charge in [0.05, 0.1) is 35.9 Å². The first kappa shape index (κ1) is 20.2. The first-order valence-electron chi connectivity index (χ1n) is 9.89. The van der Waals surface area contributed by atoms with Crippen molar-refractivity contribution in [1.82, 2.24) is 20.4 Å². The number of hydrogen-bond acceptors (Lipinski definition) is 4. The molecule has 1 aromatic carbocycles. The largest absolute Gasteiger partial charge is 0.467 e. The highest BCUT2D eigenvalue weighted by Crippen LogP contribution is 2.42. The molecule has 156 valence electrons. The number of aryl methyl sites for hydroxylation is 1. The highest BCUT2D eigenvalue weighted by atomic mass is 35.5. The first-order chi connectivity index (χ1) is 14.4. The number of benzene rings is 1. The Morgan fingerprint density at radius 2 is 2.13 bits per heavy atom. The number of aromatic nitrogens is 2. The van der Waals surface area contributed by atoms with Crippen LogP contribution in [0.25, 0.3) is 5.69 Å². The molecule has 1 fully saturated rings. The van der Waals surface area contributed by atoms with Crippen LogP contribution < -0.4 is 10.6 Å². The fourth-order valence-electron chi connectivity index (χ4n) is 3.28. The molecule has 7 nitrogen and oxygen atoms in total. The van der Waals surface area contributed by atoms with Crippen LogP contribution in [-0.2, 0) is 11.3 Å². The van der Waals surface area contributed by atoms with Crippen molar-refractivity contribution in [3.63, 3.8) is 0 Å². The third-order valence-electron chi connectivity index (χ3n) is 5.17. The molecule has 0 spiro atoms. The number of halogens is 1. The van der Waals surface area contributed by atoms with Crippen molar-refractivity contribution in [2.75, 3.05) is 0 Å². The van der Waals surface area contributed by atoms with Crippen LogP contribution in [0.2, 0.25) is 5.02 Å². The van der Waals surface area contributed by atoms with Crippen LogP contribution in [0.3, 0.4) is 0 Å². The molecule has 1 saturated carbocycles. The SMILES string of the molecule is Cc1ccc(-n2ncc(C(=O)NC(C)C(=O)NCc3ccco3)c2C2CC2)cc1Cl. The molecule has 2 N–H and O–H groups in total. The zero-order valence-corrected chi connectivity index (χ0v) is 17.6. The number of hydrogen-bond donors (Lipinski definition) is 2. The molecule has 4 rings (SSSR count).